The summed E-state index contributed by atoms with van der Waals surface area (Å²) in [7, 11) is -3.66. The van der Waals surface area contributed by atoms with E-state index in [1.807, 2.05) is 0 Å². The maximum atomic E-state index is 13.0. The third-order valence-electron chi connectivity index (χ3n) is 5.24. The lowest BCUT2D eigenvalue weighted by Gasteiger charge is -2.29. The van der Waals surface area contributed by atoms with Crippen LogP contribution in [-0.4, -0.2) is 37.6 Å². The number of rotatable bonds is 5. The third kappa shape index (κ3) is 4.65. The minimum absolute atomic E-state index is 0.105. The maximum absolute atomic E-state index is 13.0. The van der Waals surface area contributed by atoms with Crippen LogP contribution >= 0.6 is 0 Å². The number of amides is 2. The summed E-state index contributed by atoms with van der Waals surface area (Å²) < 4.78 is 27.5. The van der Waals surface area contributed by atoms with Crippen molar-refractivity contribution in [2.24, 2.45) is 11.7 Å². The molecule has 8 heteroatoms. The number of nitrogens with one attached hydrogen (secondary N) is 1. The molecule has 7 nitrogen and oxygen atoms in total. The highest BCUT2D eigenvalue weighted by atomic mass is 32.2. The van der Waals surface area contributed by atoms with Crippen LogP contribution in [-0.2, 0) is 10.0 Å². The molecule has 1 aliphatic heterocycles. The van der Waals surface area contributed by atoms with Crippen molar-refractivity contribution in [3.63, 3.8) is 0 Å². The van der Waals surface area contributed by atoms with E-state index in [1.54, 1.807) is 31.2 Å². The minimum atomic E-state index is -3.66. The molecule has 29 heavy (non-hydrogen) atoms. The standard InChI is InChI=1S/C21H25N3O4S/c1-14-8-10-24(11-9-14)29(27,28)18-7-6-15(2)19(13-18)21(26)23-17-5-3-4-16(12-17)20(22)25/h3-7,12-14H,8-11H2,1-2H3,(H2,22,25)(H,23,26). The molecule has 1 saturated heterocycles. The van der Waals surface area contributed by atoms with Crippen molar-refractivity contribution in [2.45, 2.75) is 31.6 Å². The molecule has 0 aromatic heterocycles. The molecule has 0 spiro atoms. The zero-order chi connectivity index (χ0) is 21.2. The number of piperidine rings is 1. The number of nitrogens with zero attached hydrogens (tertiary/aromatic N) is 1. The van der Waals surface area contributed by atoms with Crippen molar-refractivity contribution in [3.05, 3.63) is 59.2 Å². The molecule has 0 unspecified atom stereocenters. The second-order valence-corrected chi connectivity index (χ2v) is 9.40. The van der Waals surface area contributed by atoms with E-state index in [4.69, 9.17) is 5.73 Å². The van der Waals surface area contributed by atoms with Gasteiger partial charge in [-0.3, -0.25) is 9.59 Å². The molecule has 1 aliphatic rings. The van der Waals surface area contributed by atoms with Crippen molar-refractivity contribution >= 4 is 27.5 Å². The van der Waals surface area contributed by atoms with Crippen LogP contribution in [0.15, 0.2) is 47.4 Å². The molecule has 2 amide bonds. The molecule has 1 fully saturated rings. The Bertz CT molecular complexity index is 1040. The van der Waals surface area contributed by atoms with E-state index in [-0.39, 0.29) is 16.0 Å². The van der Waals surface area contributed by atoms with Gasteiger partial charge in [0.1, 0.15) is 0 Å². The van der Waals surface area contributed by atoms with Crippen molar-refractivity contribution < 1.29 is 18.0 Å². The molecule has 154 valence electrons. The summed E-state index contributed by atoms with van der Waals surface area (Å²) >= 11 is 0. The molecule has 2 aromatic rings. The molecule has 2 aromatic carbocycles. The number of carbonyl (C=O) groups is 2. The van der Waals surface area contributed by atoms with Crippen molar-refractivity contribution in [3.8, 4) is 0 Å². The van der Waals surface area contributed by atoms with Gasteiger partial charge in [-0.2, -0.15) is 4.31 Å². The number of benzene rings is 2. The first kappa shape index (κ1) is 21.0. The first-order valence-electron chi connectivity index (χ1n) is 9.50. The average molecular weight is 416 g/mol. The predicted octanol–water partition coefficient (Wildman–Crippen LogP) is 2.77. The van der Waals surface area contributed by atoms with Gasteiger partial charge in [-0.25, -0.2) is 8.42 Å². The Kier molecular flexibility index (Phi) is 6.04. The van der Waals surface area contributed by atoms with Gasteiger partial charge >= 0.3 is 0 Å². The van der Waals surface area contributed by atoms with Gasteiger partial charge in [-0.15, -0.1) is 0 Å². The number of primary amides is 1. The maximum Gasteiger partial charge on any atom is 0.255 e. The van der Waals surface area contributed by atoms with Crippen LogP contribution in [0.2, 0.25) is 0 Å². The lowest BCUT2D eigenvalue weighted by atomic mass is 10.0. The van der Waals surface area contributed by atoms with E-state index in [1.165, 1.54) is 22.5 Å². The number of carbonyl (C=O) groups excluding carboxylic acids is 2. The van der Waals surface area contributed by atoms with Crippen LogP contribution in [0.3, 0.4) is 0 Å². The average Bonchev–Trinajstić information content (AvgIpc) is 2.68. The first-order valence-corrected chi connectivity index (χ1v) is 10.9. The second kappa shape index (κ2) is 8.34. The number of anilines is 1. The molecule has 1 heterocycles. The molecule has 0 aliphatic carbocycles. The lowest BCUT2D eigenvalue weighted by molar-refractivity contribution is 0.0996. The van der Waals surface area contributed by atoms with Gasteiger partial charge in [-0.1, -0.05) is 19.1 Å². The van der Waals surface area contributed by atoms with Gasteiger partial charge in [0.25, 0.3) is 5.91 Å². The number of hydrogen-bond acceptors (Lipinski definition) is 4. The van der Waals surface area contributed by atoms with Gasteiger partial charge in [0.15, 0.2) is 0 Å². The predicted molar refractivity (Wildman–Crippen MR) is 111 cm³/mol. The van der Waals surface area contributed by atoms with Crippen LogP contribution in [0.4, 0.5) is 5.69 Å². The summed E-state index contributed by atoms with van der Waals surface area (Å²) in [5.74, 6) is -0.536. The van der Waals surface area contributed by atoms with E-state index in [0.717, 1.165) is 12.8 Å². The van der Waals surface area contributed by atoms with Gasteiger partial charge in [-0.05, 0) is 61.6 Å². The summed E-state index contributed by atoms with van der Waals surface area (Å²) in [5.41, 5.74) is 6.87. The molecule has 3 rings (SSSR count). The van der Waals surface area contributed by atoms with Crippen LogP contribution in [0.1, 0.15) is 46.0 Å². The quantitative estimate of drug-likeness (QED) is 0.782. The molecular weight excluding hydrogens is 390 g/mol. The molecule has 0 bridgehead atoms. The summed E-state index contributed by atoms with van der Waals surface area (Å²) in [6.45, 7) is 4.83. The highest BCUT2D eigenvalue weighted by molar-refractivity contribution is 7.89. The Morgan fingerprint density at radius 3 is 2.45 bits per heavy atom. The Balaban J connectivity index is 1.86. The first-order chi connectivity index (χ1) is 13.7. The van der Waals surface area contributed by atoms with E-state index in [2.05, 4.69) is 12.2 Å². The molecule has 0 saturated carbocycles. The summed E-state index contributed by atoms with van der Waals surface area (Å²) in [6.07, 6.45) is 1.66. The topological polar surface area (TPSA) is 110 Å². The Morgan fingerprint density at radius 1 is 1.10 bits per heavy atom. The monoisotopic (exact) mass is 415 g/mol. The van der Waals surface area contributed by atoms with Crippen LogP contribution in [0.5, 0.6) is 0 Å². The highest BCUT2D eigenvalue weighted by Crippen LogP contribution is 2.25. The summed E-state index contributed by atoms with van der Waals surface area (Å²) in [6, 6.07) is 10.9. The van der Waals surface area contributed by atoms with Gasteiger partial charge < -0.3 is 11.1 Å². The van der Waals surface area contributed by atoms with Gasteiger partial charge in [0, 0.05) is 29.9 Å². The number of nitrogens with two attached hydrogens (primary N) is 1. The van der Waals surface area contributed by atoms with E-state index in [0.29, 0.717) is 30.3 Å². The Labute approximate surface area is 171 Å². The fourth-order valence-electron chi connectivity index (χ4n) is 3.33. The number of sulfonamides is 1. The van der Waals surface area contributed by atoms with Gasteiger partial charge in [0.2, 0.25) is 15.9 Å². The molecule has 0 radical (unpaired) electrons. The number of hydrogen-bond donors (Lipinski definition) is 2. The smallest absolute Gasteiger partial charge is 0.255 e. The zero-order valence-electron chi connectivity index (χ0n) is 16.5. The largest absolute Gasteiger partial charge is 0.366 e. The van der Waals surface area contributed by atoms with E-state index in [9.17, 15) is 18.0 Å². The molecule has 3 N–H and O–H groups in total. The van der Waals surface area contributed by atoms with Crippen molar-refractivity contribution in [2.75, 3.05) is 18.4 Å². The molecular formula is C21H25N3O4S. The fourth-order valence-corrected chi connectivity index (χ4v) is 4.83. The normalized spacial score (nSPS) is 15.8. The second-order valence-electron chi connectivity index (χ2n) is 7.46. The third-order valence-corrected chi connectivity index (χ3v) is 7.13. The highest BCUT2D eigenvalue weighted by Gasteiger charge is 2.29. The van der Waals surface area contributed by atoms with Crippen LogP contribution in [0.25, 0.3) is 0 Å². The SMILES string of the molecule is Cc1ccc(S(=O)(=O)N2CCC(C)CC2)cc1C(=O)Nc1cccc(C(N)=O)c1. The van der Waals surface area contributed by atoms with E-state index >= 15 is 0 Å². The van der Waals surface area contributed by atoms with Crippen molar-refractivity contribution in [1.82, 2.24) is 4.31 Å². The molecule has 0 atom stereocenters. The van der Waals surface area contributed by atoms with Gasteiger partial charge in [0.05, 0.1) is 4.90 Å². The summed E-state index contributed by atoms with van der Waals surface area (Å²) in [4.78, 5) is 24.2. The zero-order valence-corrected chi connectivity index (χ0v) is 17.3. The minimum Gasteiger partial charge on any atom is -0.366 e. The fraction of sp³-hybridized carbons (Fsp3) is 0.333. The summed E-state index contributed by atoms with van der Waals surface area (Å²) in [5, 5.41) is 2.70. The number of aryl methyl sites for hydroxylation is 1. The van der Waals surface area contributed by atoms with Crippen LogP contribution in [0, 0.1) is 12.8 Å². The lowest BCUT2D eigenvalue weighted by Crippen LogP contribution is -2.38. The van der Waals surface area contributed by atoms with E-state index < -0.39 is 21.8 Å². The van der Waals surface area contributed by atoms with Crippen LogP contribution < -0.4 is 11.1 Å². The Morgan fingerprint density at radius 2 is 1.79 bits per heavy atom. The van der Waals surface area contributed by atoms with Crippen molar-refractivity contribution in [1.29, 1.82) is 0 Å². The Hall–Kier alpha value is -2.71.